The number of ketones is 1. The third-order valence-electron chi connectivity index (χ3n) is 18.6. The maximum Gasteiger partial charge on any atom is 0.182 e. The van der Waals surface area contributed by atoms with Gasteiger partial charge < -0.3 is 57.1 Å². The van der Waals surface area contributed by atoms with Gasteiger partial charge in [0.25, 0.3) is 0 Å². The van der Waals surface area contributed by atoms with Crippen molar-refractivity contribution in [2.45, 2.75) is 190 Å². The molecule has 6 aliphatic carbocycles. The number of nitrogens with two attached hydrogens (primary N) is 1. The third-order valence-corrected chi connectivity index (χ3v) is 18.6. The van der Waals surface area contributed by atoms with Gasteiger partial charge in [-0.3, -0.25) is 4.79 Å². The SMILES string of the molecule is CCC[C@H]1CC[C@H]2[C@@H]3CCCC[C@](O)([C@](C)(O)[C@H]4CC[C@@]5(O)C6=C(NC[C@H](C)O)C(=O)[C@@H]7C[C@@H](O)[C@@H](O)C[C@]7(CCC7=CNC(N)C=C7)[C@H]6[C@@H](CNC)C[C@]45C)[C@@H]3O[C@@H]2CC1. The number of dihydropyridines is 1. The molecule has 8 aliphatic rings. The molecule has 2 aliphatic heterocycles. The first-order valence-corrected chi connectivity index (χ1v) is 24.4. The van der Waals surface area contributed by atoms with Gasteiger partial charge in [0.15, 0.2) is 5.78 Å². The zero-order valence-corrected chi connectivity index (χ0v) is 37.7. The molecule has 0 spiro atoms. The Labute approximate surface area is 364 Å². The summed E-state index contributed by atoms with van der Waals surface area (Å²) in [6.45, 7) is 8.48. The molecule has 61 heavy (non-hydrogen) atoms. The number of carbonyl (C=O) groups excluding carboxylic acids is 1. The molecule has 0 radical (unpaired) electrons. The Bertz CT molecular complexity index is 1720. The van der Waals surface area contributed by atoms with E-state index in [0.717, 1.165) is 50.0 Å². The first kappa shape index (κ1) is 45.7. The van der Waals surface area contributed by atoms with Gasteiger partial charge in [-0.05, 0) is 163 Å². The van der Waals surface area contributed by atoms with Crippen LogP contribution in [0.5, 0.6) is 0 Å². The van der Waals surface area contributed by atoms with Gasteiger partial charge in [-0.15, -0.1) is 0 Å². The number of aliphatic hydroxyl groups is 6. The Kier molecular flexibility index (Phi) is 12.9. The number of allylic oxidation sites excluding steroid dienone is 3. The molecule has 2 heterocycles. The monoisotopic (exact) mass is 853 g/mol. The van der Waals surface area contributed by atoms with Crippen molar-refractivity contribution in [1.29, 1.82) is 0 Å². The largest absolute Gasteiger partial charge is 0.392 e. The second-order valence-electron chi connectivity index (χ2n) is 21.9. The number of ether oxygens (including phenoxy) is 1. The third kappa shape index (κ3) is 7.42. The molecule has 0 amide bonds. The fourth-order valence-corrected chi connectivity index (χ4v) is 15.7. The predicted octanol–water partition coefficient (Wildman–Crippen LogP) is 4.07. The quantitative estimate of drug-likeness (QED) is 0.135. The average Bonchev–Trinajstić information content (AvgIpc) is 3.54. The van der Waals surface area contributed by atoms with Gasteiger partial charge in [-0.2, -0.15) is 0 Å². The van der Waals surface area contributed by atoms with Crippen LogP contribution in [0.1, 0.15) is 137 Å². The van der Waals surface area contributed by atoms with Crippen molar-refractivity contribution >= 4 is 5.78 Å². The minimum absolute atomic E-state index is 0.0747. The van der Waals surface area contributed by atoms with Crippen molar-refractivity contribution in [3.63, 3.8) is 0 Å². The van der Waals surface area contributed by atoms with E-state index in [-0.39, 0.29) is 61.6 Å². The average molecular weight is 853 g/mol. The highest BCUT2D eigenvalue weighted by atomic mass is 16.5. The Balaban J connectivity index is 1.21. The zero-order chi connectivity index (χ0) is 43.7. The molecule has 1 saturated heterocycles. The standard InChI is InChI=1S/C49H80N4O8/c1-6-9-29-11-14-32-33-10-7-8-19-49(60,44(33)61-37(32)15-12-29)46(4,58)38-18-21-48(59)41-40(31(27-51-5)23-45(38,48)3)47(20-17-30-13-16-39(50)52-26-30)24-36(56)35(55)22-34(47)43(57)42(41)53-25-28(2)54/h13,16,26,28-29,31-40,44,51-56,58-60H,6-12,14-15,17-25,27,50H2,1-5H3/t28-,29-,31+,32-,33-,34-,35+,36-,37+,38-,39?,40-,44+,45+,46+,47-,48+,49+/m0/s1. The molecule has 6 fully saturated rings. The molecule has 0 bridgehead atoms. The molecule has 0 aromatic carbocycles. The van der Waals surface area contributed by atoms with E-state index in [9.17, 15) is 30.6 Å². The number of hydrogen-bond donors (Lipinski definition) is 10. The number of aliphatic hydroxyl groups excluding tert-OH is 3. The summed E-state index contributed by atoms with van der Waals surface area (Å²) in [4.78, 5) is 15.3. The number of hydrogen-bond acceptors (Lipinski definition) is 12. The summed E-state index contributed by atoms with van der Waals surface area (Å²) in [6, 6.07) is 0. The Morgan fingerprint density at radius 2 is 1.82 bits per heavy atom. The van der Waals surface area contributed by atoms with Gasteiger partial charge in [0.1, 0.15) is 5.60 Å². The summed E-state index contributed by atoms with van der Waals surface area (Å²) in [5, 5.41) is 84.2. The van der Waals surface area contributed by atoms with Crippen LogP contribution in [0.15, 0.2) is 35.2 Å². The van der Waals surface area contributed by atoms with Crippen LogP contribution in [0.4, 0.5) is 0 Å². The minimum atomic E-state index is -1.64. The maximum absolute atomic E-state index is 15.3. The highest BCUT2D eigenvalue weighted by molar-refractivity contribution is 6.00. The number of carbonyl (C=O) groups is 1. The molecule has 8 rings (SSSR count). The maximum atomic E-state index is 15.3. The van der Waals surface area contributed by atoms with E-state index in [0.29, 0.717) is 55.8 Å². The Morgan fingerprint density at radius 3 is 2.52 bits per heavy atom. The topological polar surface area (TPSA) is 210 Å². The van der Waals surface area contributed by atoms with E-state index >= 15 is 4.79 Å². The second kappa shape index (κ2) is 17.2. The van der Waals surface area contributed by atoms with E-state index in [4.69, 9.17) is 10.5 Å². The Hall–Kier alpha value is -1.87. The van der Waals surface area contributed by atoms with E-state index in [1.54, 1.807) is 6.92 Å². The second-order valence-corrected chi connectivity index (χ2v) is 21.9. The molecular formula is C49H80N4O8. The van der Waals surface area contributed by atoms with Crippen LogP contribution >= 0.6 is 0 Å². The summed E-state index contributed by atoms with van der Waals surface area (Å²) >= 11 is 0. The van der Waals surface area contributed by atoms with Crippen molar-refractivity contribution in [2.24, 2.45) is 58.0 Å². The highest BCUT2D eigenvalue weighted by Crippen LogP contribution is 2.72. The lowest BCUT2D eigenvalue weighted by molar-refractivity contribution is -0.254. The summed E-state index contributed by atoms with van der Waals surface area (Å²) in [5.41, 5.74) is 1.49. The molecule has 344 valence electrons. The van der Waals surface area contributed by atoms with Gasteiger partial charge in [-0.25, -0.2) is 0 Å². The van der Waals surface area contributed by atoms with Crippen molar-refractivity contribution in [2.75, 3.05) is 20.1 Å². The summed E-state index contributed by atoms with van der Waals surface area (Å²) in [6.07, 6.45) is 14.9. The fourth-order valence-electron chi connectivity index (χ4n) is 15.7. The normalized spacial score (nSPS) is 47.3. The van der Waals surface area contributed by atoms with Gasteiger partial charge in [0.2, 0.25) is 0 Å². The van der Waals surface area contributed by atoms with Crippen LogP contribution < -0.4 is 21.7 Å². The van der Waals surface area contributed by atoms with Gasteiger partial charge in [0, 0.05) is 24.1 Å². The van der Waals surface area contributed by atoms with Crippen molar-refractivity contribution in [3.8, 4) is 0 Å². The summed E-state index contributed by atoms with van der Waals surface area (Å²) in [5.74, 6) is -0.668. The van der Waals surface area contributed by atoms with Gasteiger partial charge >= 0.3 is 0 Å². The first-order chi connectivity index (χ1) is 29.0. The van der Waals surface area contributed by atoms with Crippen LogP contribution in [0.25, 0.3) is 0 Å². The van der Waals surface area contributed by atoms with E-state index in [1.165, 1.54) is 19.3 Å². The number of rotatable bonds is 12. The molecule has 12 nitrogen and oxygen atoms in total. The van der Waals surface area contributed by atoms with Crippen LogP contribution in [0, 0.1) is 52.3 Å². The van der Waals surface area contributed by atoms with Gasteiger partial charge in [-0.1, -0.05) is 52.0 Å². The molecular weight excluding hydrogens is 773 g/mol. The van der Waals surface area contributed by atoms with Crippen LogP contribution in [-0.2, 0) is 9.53 Å². The van der Waals surface area contributed by atoms with Crippen LogP contribution in [-0.4, -0.2) is 110 Å². The highest BCUT2D eigenvalue weighted by Gasteiger charge is 2.75. The predicted molar refractivity (Wildman–Crippen MR) is 234 cm³/mol. The van der Waals surface area contributed by atoms with E-state index in [2.05, 4.69) is 29.8 Å². The molecule has 1 unspecified atom stereocenters. The lowest BCUT2D eigenvalue weighted by Crippen LogP contribution is -2.70. The van der Waals surface area contributed by atoms with E-state index < -0.39 is 63.9 Å². The number of Topliss-reactive ketones (excluding diaryl/α,β-unsaturated/α-hetero) is 1. The van der Waals surface area contributed by atoms with Crippen molar-refractivity contribution in [1.82, 2.24) is 16.0 Å². The molecule has 0 aromatic heterocycles. The minimum Gasteiger partial charge on any atom is -0.392 e. The number of fused-ring (bicyclic) bond motifs is 8. The van der Waals surface area contributed by atoms with Crippen LogP contribution in [0.3, 0.4) is 0 Å². The Morgan fingerprint density at radius 1 is 1.05 bits per heavy atom. The molecule has 5 saturated carbocycles. The van der Waals surface area contributed by atoms with E-state index in [1.807, 2.05) is 32.3 Å². The van der Waals surface area contributed by atoms with Crippen molar-refractivity contribution in [3.05, 3.63) is 35.2 Å². The summed E-state index contributed by atoms with van der Waals surface area (Å²) < 4.78 is 7.08. The smallest absolute Gasteiger partial charge is 0.182 e. The molecule has 0 aromatic rings. The molecule has 12 heteroatoms. The lowest BCUT2D eigenvalue weighted by atomic mass is 9.41. The lowest BCUT2D eigenvalue weighted by Gasteiger charge is -2.65. The fraction of sp³-hybridized carbons (Fsp3) is 0.857. The zero-order valence-electron chi connectivity index (χ0n) is 37.7. The number of nitrogens with one attached hydrogen (secondary N) is 3. The molecule has 11 N–H and O–H groups in total. The van der Waals surface area contributed by atoms with Crippen LogP contribution in [0.2, 0.25) is 0 Å². The first-order valence-electron chi connectivity index (χ1n) is 24.4. The van der Waals surface area contributed by atoms with Crippen molar-refractivity contribution < 1.29 is 40.2 Å². The molecule has 18 atom stereocenters. The van der Waals surface area contributed by atoms with Gasteiger partial charge in [0.05, 0.1) is 53.6 Å². The summed E-state index contributed by atoms with van der Waals surface area (Å²) in [7, 11) is 1.92.